The van der Waals surface area contributed by atoms with Crippen LogP contribution < -0.4 is 10.1 Å². The number of nitro groups is 1. The number of nitrogens with one attached hydrogen (secondary N) is 1. The molecule has 9 heteroatoms. The van der Waals surface area contributed by atoms with E-state index in [9.17, 15) is 19.7 Å². The highest BCUT2D eigenvalue weighted by Crippen LogP contribution is 2.28. The molecular formula is C16H14N2O7. The van der Waals surface area contributed by atoms with Crippen molar-refractivity contribution >= 4 is 29.3 Å². The fourth-order valence-corrected chi connectivity index (χ4v) is 1.80. The van der Waals surface area contributed by atoms with E-state index in [-0.39, 0.29) is 17.1 Å². The summed E-state index contributed by atoms with van der Waals surface area (Å²) < 4.78 is 14.6. The zero-order chi connectivity index (χ0) is 18.2. The first-order chi connectivity index (χ1) is 12.0. The zero-order valence-corrected chi connectivity index (χ0v) is 13.1. The smallest absolute Gasteiger partial charge is 0.331 e. The van der Waals surface area contributed by atoms with Crippen LogP contribution in [0.3, 0.4) is 0 Å². The average molecular weight is 346 g/mol. The topological polar surface area (TPSA) is 121 Å². The van der Waals surface area contributed by atoms with Crippen LogP contribution in [0.5, 0.6) is 5.75 Å². The molecular weight excluding hydrogens is 332 g/mol. The van der Waals surface area contributed by atoms with Gasteiger partial charge in [-0.15, -0.1) is 0 Å². The Morgan fingerprint density at radius 3 is 2.80 bits per heavy atom. The molecule has 130 valence electrons. The lowest BCUT2D eigenvalue weighted by Gasteiger charge is -2.07. The van der Waals surface area contributed by atoms with E-state index >= 15 is 0 Å². The number of benzene rings is 1. The van der Waals surface area contributed by atoms with E-state index in [0.29, 0.717) is 5.76 Å². The predicted molar refractivity (Wildman–Crippen MR) is 87.0 cm³/mol. The standard InChI is InChI=1S/C16H14N2O7/c1-23-12-4-6-13(14(9-12)18(21)22)17-15(19)10-25-16(20)7-5-11-3-2-8-24-11/h2-9H,10H2,1H3,(H,17,19)/b7-5+. The van der Waals surface area contributed by atoms with Gasteiger partial charge in [0, 0.05) is 6.08 Å². The Morgan fingerprint density at radius 2 is 2.16 bits per heavy atom. The van der Waals surface area contributed by atoms with Gasteiger partial charge in [-0.25, -0.2) is 4.79 Å². The molecule has 0 fully saturated rings. The number of amides is 1. The lowest BCUT2D eigenvalue weighted by Crippen LogP contribution is -2.20. The summed E-state index contributed by atoms with van der Waals surface area (Å²) in [7, 11) is 1.37. The van der Waals surface area contributed by atoms with Gasteiger partial charge in [0.15, 0.2) is 6.61 Å². The van der Waals surface area contributed by atoms with Crippen LogP contribution in [0.4, 0.5) is 11.4 Å². The minimum Gasteiger partial charge on any atom is -0.496 e. The number of furan rings is 1. The Kier molecular flexibility index (Phi) is 5.88. The van der Waals surface area contributed by atoms with Crippen molar-refractivity contribution in [2.24, 2.45) is 0 Å². The van der Waals surface area contributed by atoms with Crippen LogP contribution in [0, 0.1) is 10.1 Å². The van der Waals surface area contributed by atoms with E-state index in [1.165, 1.54) is 37.6 Å². The van der Waals surface area contributed by atoms with Crippen molar-refractivity contribution in [1.29, 1.82) is 0 Å². The molecule has 0 unspecified atom stereocenters. The molecule has 0 atom stereocenters. The number of hydrogen-bond donors (Lipinski definition) is 1. The van der Waals surface area contributed by atoms with Gasteiger partial charge in [0.05, 0.1) is 24.4 Å². The van der Waals surface area contributed by atoms with Crippen LogP contribution in [0.25, 0.3) is 6.08 Å². The van der Waals surface area contributed by atoms with Gasteiger partial charge in [0.25, 0.3) is 11.6 Å². The number of ether oxygens (including phenoxy) is 2. The quantitative estimate of drug-likeness (QED) is 0.353. The molecule has 0 bridgehead atoms. The molecule has 1 aromatic carbocycles. The molecule has 0 radical (unpaired) electrons. The molecule has 1 amide bonds. The van der Waals surface area contributed by atoms with Crippen molar-refractivity contribution in [3.63, 3.8) is 0 Å². The van der Waals surface area contributed by atoms with Crippen LogP contribution in [-0.2, 0) is 14.3 Å². The summed E-state index contributed by atoms with van der Waals surface area (Å²) in [6.45, 7) is -0.593. The van der Waals surface area contributed by atoms with Gasteiger partial charge in [-0.2, -0.15) is 0 Å². The van der Waals surface area contributed by atoms with E-state index in [4.69, 9.17) is 13.9 Å². The van der Waals surface area contributed by atoms with Crippen LogP contribution in [0.15, 0.2) is 47.1 Å². The summed E-state index contributed by atoms with van der Waals surface area (Å²) >= 11 is 0. The SMILES string of the molecule is COc1ccc(NC(=O)COC(=O)/C=C/c2ccco2)c([N+](=O)[O-])c1. The molecule has 0 aliphatic rings. The largest absolute Gasteiger partial charge is 0.496 e. The molecule has 1 aromatic heterocycles. The third-order valence-corrected chi connectivity index (χ3v) is 2.95. The average Bonchev–Trinajstić information content (AvgIpc) is 3.11. The molecule has 0 aliphatic heterocycles. The molecule has 9 nitrogen and oxygen atoms in total. The van der Waals surface area contributed by atoms with Gasteiger partial charge >= 0.3 is 5.97 Å². The van der Waals surface area contributed by atoms with Crippen molar-refractivity contribution in [3.8, 4) is 5.75 Å². The summed E-state index contributed by atoms with van der Waals surface area (Å²) in [6, 6.07) is 7.25. The maximum Gasteiger partial charge on any atom is 0.331 e. The first-order valence-corrected chi connectivity index (χ1v) is 7.00. The minimum absolute atomic E-state index is 0.0297. The third-order valence-electron chi connectivity index (χ3n) is 2.95. The number of nitrogens with zero attached hydrogens (tertiary/aromatic N) is 1. The summed E-state index contributed by atoms with van der Waals surface area (Å²) in [5, 5.41) is 13.3. The zero-order valence-electron chi connectivity index (χ0n) is 13.1. The third kappa shape index (κ3) is 5.20. The number of anilines is 1. The van der Waals surface area contributed by atoms with E-state index < -0.39 is 23.4 Å². The number of carbonyl (C=O) groups excluding carboxylic acids is 2. The molecule has 1 N–H and O–H groups in total. The molecule has 2 aromatic rings. The van der Waals surface area contributed by atoms with Gasteiger partial charge in [0.1, 0.15) is 17.2 Å². The highest BCUT2D eigenvalue weighted by molar-refractivity contribution is 5.96. The van der Waals surface area contributed by atoms with Crippen molar-refractivity contribution in [3.05, 3.63) is 58.5 Å². The summed E-state index contributed by atoms with van der Waals surface area (Å²) in [5.41, 5.74) is -0.366. The maximum atomic E-state index is 11.8. The molecule has 25 heavy (non-hydrogen) atoms. The predicted octanol–water partition coefficient (Wildman–Crippen LogP) is 2.39. The second-order valence-electron chi connectivity index (χ2n) is 4.64. The number of esters is 1. The van der Waals surface area contributed by atoms with E-state index in [1.807, 2.05) is 0 Å². The lowest BCUT2D eigenvalue weighted by atomic mass is 10.2. The second-order valence-corrected chi connectivity index (χ2v) is 4.64. The van der Waals surface area contributed by atoms with Gasteiger partial charge in [-0.1, -0.05) is 0 Å². The number of carbonyl (C=O) groups is 2. The van der Waals surface area contributed by atoms with Crippen molar-refractivity contribution in [2.75, 3.05) is 19.0 Å². The van der Waals surface area contributed by atoms with Crippen molar-refractivity contribution in [2.45, 2.75) is 0 Å². The lowest BCUT2D eigenvalue weighted by molar-refractivity contribution is -0.384. The van der Waals surface area contributed by atoms with Crippen molar-refractivity contribution < 1.29 is 28.4 Å². The maximum absolute atomic E-state index is 11.8. The Labute approximate surface area is 142 Å². The van der Waals surface area contributed by atoms with Gasteiger partial charge < -0.3 is 19.2 Å². The molecule has 1 heterocycles. The molecule has 0 aliphatic carbocycles. The number of methoxy groups -OCH3 is 1. The van der Waals surface area contributed by atoms with Gasteiger partial charge in [0.2, 0.25) is 0 Å². The number of nitro benzene ring substituents is 1. The van der Waals surface area contributed by atoms with Gasteiger partial charge in [-0.05, 0) is 30.3 Å². The van der Waals surface area contributed by atoms with Crippen LogP contribution in [0.1, 0.15) is 5.76 Å². The number of hydrogen-bond acceptors (Lipinski definition) is 7. The van der Waals surface area contributed by atoms with E-state index in [2.05, 4.69) is 5.32 Å². The Morgan fingerprint density at radius 1 is 1.36 bits per heavy atom. The van der Waals surface area contributed by atoms with E-state index in [1.54, 1.807) is 12.1 Å². The Balaban J connectivity index is 1.92. The van der Waals surface area contributed by atoms with Crippen molar-refractivity contribution in [1.82, 2.24) is 0 Å². The second kappa shape index (κ2) is 8.29. The monoisotopic (exact) mass is 346 g/mol. The molecule has 0 saturated heterocycles. The summed E-state index contributed by atoms with van der Waals surface area (Å²) in [4.78, 5) is 33.7. The van der Waals surface area contributed by atoms with Crippen LogP contribution >= 0.6 is 0 Å². The molecule has 2 rings (SSSR count). The fourth-order valence-electron chi connectivity index (χ4n) is 1.80. The highest BCUT2D eigenvalue weighted by Gasteiger charge is 2.17. The summed E-state index contributed by atoms with van der Waals surface area (Å²) in [6.07, 6.45) is 3.93. The van der Waals surface area contributed by atoms with E-state index in [0.717, 1.165) is 6.08 Å². The Bertz CT molecular complexity index is 797. The van der Waals surface area contributed by atoms with Crippen LogP contribution in [0.2, 0.25) is 0 Å². The Hall–Kier alpha value is -3.62. The fraction of sp³-hybridized carbons (Fsp3) is 0.125. The van der Waals surface area contributed by atoms with Crippen LogP contribution in [-0.4, -0.2) is 30.5 Å². The highest BCUT2D eigenvalue weighted by atomic mass is 16.6. The summed E-state index contributed by atoms with van der Waals surface area (Å²) in [5.74, 6) is -0.738. The molecule has 0 spiro atoms. The van der Waals surface area contributed by atoms with Gasteiger partial charge in [-0.3, -0.25) is 14.9 Å². The molecule has 0 saturated carbocycles. The first kappa shape index (κ1) is 17.7. The minimum atomic E-state index is -0.754. The first-order valence-electron chi connectivity index (χ1n) is 7.00. The normalized spacial score (nSPS) is 10.4. The number of rotatable bonds is 7.